The number of aromatic nitrogens is 6. The Morgan fingerprint density at radius 3 is 0.878 bits per heavy atom. The maximum Gasteiger partial charge on any atom is 0.355 e. The molecule has 16 nitrogen and oxygen atoms in total. The molecule has 6 aromatic heterocycles. The number of nitrogens with zero attached hydrogens (tertiary/aromatic N) is 2. The van der Waals surface area contributed by atoms with Gasteiger partial charge in [-0.1, -0.05) is 57.4 Å². The van der Waals surface area contributed by atoms with E-state index in [0.717, 1.165) is 0 Å². The van der Waals surface area contributed by atoms with Crippen molar-refractivity contribution in [3.05, 3.63) is 138 Å². The van der Waals surface area contributed by atoms with Gasteiger partial charge in [-0.2, -0.15) is 0 Å². The molecule has 0 fully saturated rings. The Morgan fingerprint density at radius 1 is 0.446 bits per heavy atom. The number of H-pyrrole nitrogens is 4. The Balaban J connectivity index is 0.00000118. The van der Waals surface area contributed by atoms with Crippen LogP contribution < -0.4 is 0 Å². The molecule has 0 atom stereocenters. The molecule has 6 heterocycles. The second-order valence-electron chi connectivity index (χ2n) is 17.9. The number of aromatic amines is 4. The van der Waals surface area contributed by atoms with E-state index in [9.17, 15) is 29.4 Å². The molecule has 398 valence electrons. The molecular weight excluding hydrogens is 988 g/mol. The van der Waals surface area contributed by atoms with Crippen molar-refractivity contribution in [1.29, 1.82) is 0 Å². The van der Waals surface area contributed by atoms with Crippen LogP contribution in [0.1, 0.15) is 181 Å². The molecule has 18 heteroatoms. The first kappa shape index (κ1) is 58.4. The number of hydrogen-bond acceptors (Lipinski definition) is 12. The lowest BCUT2D eigenvalue weighted by atomic mass is 9.85. The van der Waals surface area contributed by atoms with Gasteiger partial charge in [-0.25, -0.2) is 29.1 Å². The molecule has 0 saturated heterocycles. The minimum Gasteiger partial charge on any atom is -0.461 e. The summed E-state index contributed by atoms with van der Waals surface area (Å²) < 4.78 is 21.5. The third-order valence-corrected chi connectivity index (χ3v) is 13.6. The lowest BCUT2D eigenvalue weighted by molar-refractivity contribution is 0.0506. The standard InChI is InChI=1S/C50H56N6O10.C5H12.CH2Cl2/c1-13-63-45(57)35-23(5)27(9)41(53-35)49(61,42-28(10)24(6)36(54-42)46(58)64-14-2)33-21-19-31-17-18-32-20-22-34(52-40(32)39(31)51-33)50(62,43-29(11)25(7)37(55-43)47(59)65-15-3)44-30(12)26(8)38(56-44)48(60)66-16-4;1-3-5-4-2;2-1-3/h17-22,53-56,61-62H,13-16H2,1-12H3;3-5H2,1-2H3;1H2. The first-order valence-electron chi connectivity index (χ1n) is 24.9. The molecule has 1 aromatic carbocycles. The van der Waals surface area contributed by atoms with Gasteiger partial charge < -0.3 is 49.1 Å². The van der Waals surface area contributed by atoms with Gasteiger partial charge >= 0.3 is 23.9 Å². The van der Waals surface area contributed by atoms with E-state index in [1.165, 1.54) is 19.3 Å². The normalized spacial score (nSPS) is 11.5. The van der Waals surface area contributed by atoms with Gasteiger partial charge in [0, 0.05) is 10.8 Å². The predicted molar refractivity (Wildman–Crippen MR) is 288 cm³/mol. The Morgan fingerprint density at radius 2 is 0.676 bits per heavy atom. The lowest BCUT2D eigenvalue weighted by Gasteiger charge is -2.29. The number of carbonyl (C=O) groups excluding carboxylic acids is 4. The third-order valence-electron chi connectivity index (χ3n) is 13.6. The van der Waals surface area contributed by atoms with Gasteiger partial charge in [0.15, 0.2) is 11.2 Å². The SMILES string of the molecule is CCCCC.CCOC(=O)c1[nH]c(C(O)(c2ccc3ccc4ccc(C(O)(c5[nH]c(C(=O)OCC)c(C)c5C)c5[nH]c(C(=O)OCC)c(C)c5C)nc4c3n2)c2[nH]c(C(=O)OCC)c(C)c2C)c(C)c1C.ClCCl. The molecule has 0 aliphatic carbocycles. The molecule has 6 N–H and O–H groups in total. The highest BCUT2D eigenvalue weighted by molar-refractivity contribution is 6.40. The molecule has 7 rings (SSSR count). The number of hydrogen-bond donors (Lipinski definition) is 6. The van der Waals surface area contributed by atoms with Crippen LogP contribution in [0, 0.1) is 55.4 Å². The van der Waals surface area contributed by atoms with E-state index in [0.29, 0.717) is 66.3 Å². The number of ether oxygens (including phenoxy) is 4. The van der Waals surface area contributed by atoms with Gasteiger partial charge in [0.2, 0.25) is 0 Å². The van der Waals surface area contributed by atoms with Crippen LogP contribution in [-0.4, -0.2) is 95.8 Å². The predicted octanol–water partition coefficient (Wildman–Crippen LogP) is 11.5. The fourth-order valence-corrected chi connectivity index (χ4v) is 9.11. The van der Waals surface area contributed by atoms with Crippen LogP contribution in [0.4, 0.5) is 0 Å². The quantitative estimate of drug-likeness (QED) is 0.0230. The summed E-state index contributed by atoms with van der Waals surface area (Å²) in [5.41, 5.74) is 2.40. The van der Waals surface area contributed by atoms with Gasteiger partial charge in [0.25, 0.3) is 0 Å². The number of unbranched alkanes of at least 4 members (excludes halogenated alkanes) is 2. The average Bonchev–Trinajstić information content (AvgIpc) is 4.07. The molecule has 0 spiro atoms. The van der Waals surface area contributed by atoms with E-state index in [4.69, 9.17) is 52.1 Å². The number of esters is 4. The van der Waals surface area contributed by atoms with Crippen LogP contribution in [0.15, 0.2) is 36.4 Å². The second-order valence-corrected chi connectivity index (χ2v) is 18.7. The van der Waals surface area contributed by atoms with Crippen LogP contribution >= 0.6 is 23.2 Å². The fourth-order valence-electron chi connectivity index (χ4n) is 9.11. The minimum absolute atomic E-state index is 0.106. The number of halogens is 2. The van der Waals surface area contributed by atoms with E-state index in [1.807, 2.05) is 12.1 Å². The topological polar surface area (TPSA) is 235 Å². The van der Waals surface area contributed by atoms with E-state index in [1.54, 1.807) is 107 Å². The summed E-state index contributed by atoms with van der Waals surface area (Å²) in [5.74, 6) is -2.43. The van der Waals surface area contributed by atoms with Gasteiger partial charge in [-0.05, 0) is 140 Å². The molecule has 0 aliphatic rings. The molecule has 74 heavy (non-hydrogen) atoms. The first-order chi connectivity index (χ1) is 35.1. The smallest absolute Gasteiger partial charge is 0.355 e. The summed E-state index contributed by atoms with van der Waals surface area (Å²) >= 11 is 9.53. The number of nitrogens with one attached hydrogen (secondary N) is 4. The van der Waals surface area contributed by atoms with Crippen molar-refractivity contribution in [3.8, 4) is 0 Å². The highest BCUT2D eigenvalue weighted by atomic mass is 35.5. The van der Waals surface area contributed by atoms with Crippen LogP contribution in [0.2, 0.25) is 0 Å². The van der Waals surface area contributed by atoms with Crippen LogP contribution in [-0.2, 0) is 30.1 Å². The summed E-state index contributed by atoms with van der Waals surface area (Å²) in [6.45, 7) is 25.8. The fraction of sp³-hybridized carbons (Fsp3) is 0.429. The lowest BCUT2D eigenvalue weighted by Crippen LogP contribution is -2.33. The van der Waals surface area contributed by atoms with Crippen molar-refractivity contribution in [2.24, 2.45) is 0 Å². The largest absolute Gasteiger partial charge is 0.461 e. The van der Waals surface area contributed by atoms with Crippen molar-refractivity contribution in [3.63, 3.8) is 0 Å². The number of alkyl halides is 2. The minimum atomic E-state index is -2.15. The van der Waals surface area contributed by atoms with Crippen molar-refractivity contribution < 1.29 is 48.3 Å². The highest BCUT2D eigenvalue weighted by Crippen LogP contribution is 2.44. The number of carbonyl (C=O) groups is 4. The third kappa shape index (κ3) is 10.9. The van der Waals surface area contributed by atoms with E-state index >= 15 is 0 Å². The molecule has 0 bridgehead atoms. The van der Waals surface area contributed by atoms with E-state index < -0.39 is 35.1 Å². The monoisotopic (exact) mass is 1060 g/mol. The number of fused-ring (bicyclic) bond motifs is 3. The molecular formula is C56H70Cl2N6O10. The van der Waals surface area contributed by atoms with Crippen molar-refractivity contribution in [2.45, 2.75) is 127 Å². The molecule has 7 aromatic rings. The van der Waals surface area contributed by atoms with Crippen LogP contribution in [0.5, 0.6) is 0 Å². The first-order valence-corrected chi connectivity index (χ1v) is 26.0. The number of pyridine rings is 2. The maximum absolute atomic E-state index is 13.5. The zero-order chi connectivity index (χ0) is 55.0. The molecule has 0 aliphatic heterocycles. The zero-order valence-corrected chi connectivity index (χ0v) is 46.4. The molecule has 0 unspecified atom stereocenters. The van der Waals surface area contributed by atoms with Crippen molar-refractivity contribution in [2.75, 3.05) is 31.8 Å². The van der Waals surface area contributed by atoms with Gasteiger partial charge in [-0.3, -0.25) is 0 Å². The molecule has 0 saturated carbocycles. The van der Waals surface area contributed by atoms with E-state index in [-0.39, 0.29) is 88.7 Å². The summed E-state index contributed by atoms with van der Waals surface area (Å²) in [4.78, 5) is 76.1. The van der Waals surface area contributed by atoms with Gasteiger partial charge in [0.1, 0.15) is 22.8 Å². The summed E-state index contributed by atoms with van der Waals surface area (Å²) in [6, 6.07) is 10.6. The van der Waals surface area contributed by atoms with Gasteiger partial charge in [0.05, 0.1) is 77.0 Å². The van der Waals surface area contributed by atoms with E-state index in [2.05, 4.69) is 33.8 Å². The van der Waals surface area contributed by atoms with Crippen LogP contribution in [0.25, 0.3) is 21.8 Å². The number of aliphatic hydroxyl groups is 2. The summed E-state index contributed by atoms with van der Waals surface area (Å²) in [7, 11) is 0. The summed E-state index contributed by atoms with van der Waals surface area (Å²) in [6.07, 6.45) is 4.08. The maximum atomic E-state index is 13.5. The van der Waals surface area contributed by atoms with Crippen molar-refractivity contribution >= 4 is 68.9 Å². The second kappa shape index (κ2) is 24.7. The Kier molecular flexibility index (Phi) is 19.5. The highest BCUT2D eigenvalue weighted by Gasteiger charge is 2.46. The number of benzene rings is 1. The Bertz CT molecular complexity index is 2840. The van der Waals surface area contributed by atoms with Crippen molar-refractivity contribution in [1.82, 2.24) is 29.9 Å². The summed E-state index contributed by atoms with van der Waals surface area (Å²) in [5, 5.41) is 28.5. The molecule has 0 amide bonds. The molecule has 0 radical (unpaired) electrons. The van der Waals surface area contributed by atoms with Gasteiger partial charge in [-0.15, -0.1) is 23.2 Å². The Hall–Kier alpha value is -6.46. The zero-order valence-electron chi connectivity index (χ0n) is 44.9. The number of rotatable bonds is 16. The average molecular weight is 1060 g/mol. The van der Waals surface area contributed by atoms with Crippen LogP contribution in [0.3, 0.4) is 0 Å². The Labute approximate surface area is 442 Å².